The van der Waals surface area contributed by atoms with E-state index in [4.69, 9.17) is 5.73 Å². The Morgan fingerprint density at radius 3 is 2.79 bits per heavy atom. The zero-order valence-corrected chi connectivity index (χ0v) is 9.07. The minimum Gasteiger partial charge on any atom is -0.362 e. The molecular formula is C10H18N4. The summed E-state index contributed by atoms with van der Waals surface area (Å²) in [6, 6.07) is 0. The van der Waals surface area contributed by atoms with Crippen LogP contribution >= 0.6 is 0 Å². The van der Waals surface area contributed by atoms with Crippen LogP contribution in [0.25, 0.3) is 0 Å². The maximum atomic E-state index is 5.59. The van der Waals surface area contributed by atoms with Gasteiger partial charge in [0.1, 0.15) is 12.1 Å². The molecule has 0 saturated heterocycles. The Morgan fingerprint density at radius 1 is 1.50 bits per heavy atom. The average molecular weight is 194 g/mol. The molecule has 0 radical (unpaired) electrons. The maximum Gasteiger partial charge on any atom is 0.134 e. The van der Waals surface area contributed by atoms with Crippen molar-refractivity contribution in [3.8, 4) is 0 Å². The van der Waals surface area contributed by atoms with Gasteiger partial charge < -0.3 is 10.6 Å². The van der Waals surface area contributed by atoms with Gasteiger partial charge in [-0.3, -0.25) is 0 Å². The Kier molecular flexibility index (Phi) is 3.83. The molecule has 0 aliphatic carbocycles. The number of hydrogen-bond acceptors (Lipinski definition) is 4. The first-order valence-corrected chi connectivity index (χ1v) is 4.81. The quantitative estimate of drug-likeness (QED) is 0.766. The average Bonchev–Trinajstić information content (AvgIpc) is 2.18. The lowest BCUT2D eigenvalue weighted by Crippen LogP contribution is -2.18. The molecule has 2 N–H and O–H groups in total. The lowest BCUT2D eigenvalue weighted by atomic mass is 10.0. The van der Waals surface area contributed by atoms with Gasteiger partial charge in [0.2, 0.25) is 0 Å². The maximum absolute atomic E-state index is 5.59. The molecule has 0 aliphatic heterocycles. The van der Waals surface area contributed by atoms with Crippen molar-refractivity contribution in [2.45, 2.75) is 13.3 Å². The van der Waals surface area contributed by atoms with E-state index in [0.29, 0.717) is 12.5 Å². The van der Waals surface area contributed by atoms with Crippen molar-refractivity contribution >= 4 is 5.82 Å². The van der Waals surface area contributed by atoms with Gasteiger partial charge in [-0.25, -0.2) is 9.97 Å². The first-order chi connectivity index (χ1) is 6.65. The predicted octanol–water partition coefficient (Wildman–Crippen LogP) is 0.680. The summed E-state index contributed by atoms with van der Waals surface area (Å²) in [6.07, 6.45) is 4.38. The molecule has 78 valence electrons. The molecule has 1 rings (SSSR count). The number of nitrogens with zero attached hydrogens (tertiary/aromatic N) is 3. The molecule has 0 saturated carbocycles. The van der Waals surface area contributed by atoms with Crippen molar-refractivity contribution < 1.29 is 0 Å². The van der Waals surface area contributed by atoms with Crippen LogP contribution in [0.2, 0.25) is 0 Å². The number of rotatable bonds is 4. The van der Waals surface area contributed by atoms with Crippen LogP contribution in [-0.2, 0) is 6.42 Å². The summed E-state index contributed by atoms with van der Waals surface area (Å²) in [5.41, 5.74) is 6.75. The normalized spacial score (nSPS) is 12.6. The number of hydrogen-bond donors (Lipinski definition) is 1. The minimum atomic E-state index is 0.472. The third kappa shape index (κ3) is 2.67. The Labute approximate surface area is 85.2 Å². The summed E-state index contributed by atoms with van der Waals surface area (Å²) in [5.74, 6) is 1.46. The van der Waals surface area contributed by atoms with E-state index in [-0.39, 0.29) is 0 Å². The molecule has 0 spiro atoms. The van der Waals surface area contributed by atoms with Crippen molar-refractivity contribution in [3.63, 3.8) is 0 Å². The smallest absolute Gasteiger partial charge is 0.134 e. The fraction of sp³-hybridized carbons (Fsp3) is 0.600. The van der Waals surface area contributed by atoms with Gasteiger partial charge in [-0.05, 0) is 18.9 Å². The molecule has 0 bridgehead atoms. The fourth-order valence-corrected chi connectivity index (χ4v) is 1.36. The second kappa shape index (κ2) is 4.91. The second-order valence-electron chi connectivity index (χ2n) is 3.81. The largest absolute Gasteiger partial charge is 0.362 e. The van der Waals surface area contributed by atoms with E-state index < -0.39 is 0 Å². The van der Waals surface area contributed by atoms with Gasteiger partial charge in [-0.2, -0.15) is 0 Å². The third-order valence-corrected chi connectivity index (χ3v) is 2.16. The van der Waals surface area contributed by atoms with E-state index in [9.17, 15) is 0 Å². The van der Waals surface area contributed by atoms with E-state index in [0.717, 1.165) is 17.8 Å². The van der Waals surface area contributed by atoms with Gasteiger partial charge in [0.15, 0.2) is 0 Å². The van der Waals surface area contributed by atoms with Crippen molar-refractivity contribution in [2.24, 2.45) is 11.7 Å². The van der Waals surface area contributed by atoms with Gasteiger partial charge in [0, 0.05) is 25.9 Å². The summed E-state index contributed by atoms with van der Waals surface area (Å²) in [6.45, 7) is 2.83. The SMILES string of the molecule is CC(CN)Cc1cncnc1N(C)C. The number of nitrogens with two attached hydrogens (primary N) is 1. The number of aromatic nitrogens is 2. The Bertz CT molecular complexity index is 285. The van der Waals surface area contributed by atoms with Gasteiger partial charge in [0.05, 0.1) is 0 Å². The van der Waals surface area contributed by atoms with Crippen molar-refractivity contribution in [1.29, 1.82) is 0 Å². The lowest BCUT2D eigenvalue weighted by Gasteiger charge is -2.16. The van der Waals surface area contributed by atoms with Crippen LogP contribution in [0.15, 0.2) is 12.5 Å². The fourth-order valence-electron chi connectivity index (χ4n) is 1.36. The molecule has 4 nitrogen and oxygen atoms in total. The molecule has 1 unspecified atom stereocenters. The molecule has 0 fully saturated rings. The zero-order valence-electron chi connectivity index (χ0n) is 9.07. The van der Waals surface area contributed by atoms with E-state index in [1.807, 2.05) is 25.2 Å². The van der Waals surface area contributed by atoms with Crippen molar-refractivity contribution in [2.75, 3.05) is 25.5 Å². The second-order valence-corrected chi connectivity index (χ2v) is 3.81. The van der Waals surface area contributed by atoms with Gasteiger partial charge in [-0.15, -0.1) is 0 Å². The van der Waals surface area contributed by atoms with Crippen LogP contribution in [0.3, 0.4) is 0 Å². The molecular weight excluding hydrogens is 176 g/mol. The standard InChI is InChI=1S/C10H18N4/c1-8(5-11)4-9-6-12-7-13-10(9)14(2)3/h6-8H,4-5,11H2,1-3H3. The highest BCUT2D eigenvalue weighted by atomic mass is 15.1. The van der Waals surface area contributed by atoms with Crippen LogP contribution in [-0.4, -0.2) is 30.6 Å². The molecule has 4 heteroatoms. The molecule has 1 aromatic heterocycles. The molecule has 0 aromatic carbocycles. The lowest BCUT2D eigenvalue weighted by molar-refractivity contribution is 0.590. The number of anilines is 1. The first kappa shape index (κ1) is 10.9. The van der Waals surface area contributed by atoms with Crippen LogP contribution in [0, 0.1) is 5.92 Å². The van der Waals surface area contributed by atoms with Crippen LogP contribution < -0.4 is 10.6 Å². The summed E-state index contributed by atoms with van der Waals surface area (Å²) >= 11 is 0. The molecule has 0 aliphatic rings. The van der Waals surface area contributed by atoms with Gasteiger partial charge in [-0.1, -0.05) is 6.92 Å². The predicted molar refractivity (Wildman–Crippen MR) is 58.3 cm³/mol. The van der Waals surface area contributed by atoms with Crippen molar-refractivity contribution in [1.82, 2.24) is 9.97 Å². The van der Waals surface area contributed by atoms with Crippen molar-refractivity contribution in [3.05, 3.63) is 18.1 Å². The Balaban J connectivity index is 2.84. The van der Waals surface area contributed by atoms with Crippen LogP contribution in [0.1, 0.15) is 12.5 Å². The van der Waals surface area contributed by atoms with E-state index in [2.05, 4.69) is 16.9 Å². The minimum absolute atomic E-state index is 0.472. The molecule has 1 heterocycles. The Morgan fingerprint density at radius 2 is 2.21 bits per heavy atom. The highest BCUT2D eigenvalue weighted by Crippen LogP contribution is 2.16. The molecule has 1 atom stereocenters. The molecule has 14 heavy (non-hydrogen) atoms. The van der Waals surface area contributed by atoms with E-state index >= 15 is 0 Å². The molecule has 1 aromatic rings. The third-order valence-electron chi connectivity index (χ3n) is 2.16. The zero-order chi connectivity index (χ0) is 10.6. The van der Waals surface area contributed by atoms with Gasteiger partial charge in [0.25, 0.3) is 0 Å². The van der Waals surface area contributed by atoms with Crippen LogP contribution in [0.4, 0.5) is 5.82 Å². The van der Waals surface area contributed by atoms with E-state index in [1.54, 1.807) is 6.33 Å². The van der Waals surface area contributed by atoms with Crippen LogP contribution in [0.5, 0.6) is 0 Å². The summed E-state index contributed by atoms with van der Waals surface area (Å²) in [4.78, 5) is 10.3. The Hall–Kier alpha value is -1.16. The summed E-state index contributed by atoms with van der Waals surface area (Å²) < 4.78 is 0. The highest BCUT2D eigenvalue weighted by Gasteiger charge is 2.08. The summed E-state index contributed by atoms with van der Waals surface area (Å²) in [5, 5.41) is 0. The monoisotopic (exact) mass is 194 g/mol. The van der Waals surface area contributed by atoms with Gasteiger partial charge >= 0.3 is 0 Å². The topological polar surface area (TPSA) is 55.0 Å². The first-order valence-electron chi connectivity index (χ1n) is 4.81. The summed E-state index contributed by atoms with van der Waals surface area (Å²) in [7, 11) is 3.97. The highest BCUT2D eigenvalue weighted by molar-refractivity contribution is 5.43. The molecule has 0 amide bonds. The van der Waals surface area contributed by atoms with E-state index in [1.165, 1.54) is 0 Å².